The molecule has 88 valence electrons. The summed E-state index contributed by atoms with van der Waals surface area (Å²) in [5.41, 5.74) is 0.448. The van der Waals surface area contributed by atoms with Gasteiger partial charge in [0, 0.05) is 12.7 Å². The fraction of sp³-hybridized carbons (Fsp3) is 0.700. The number of ether oxygens (including phenoxy) is 2. The van der Waals surface area contributed by atoms with Crippen LogP contribution in [0, 0.1) is 0 Å². The lowest BCUT2D eigenvalue weighted by atomic mass is 10.4. The van der Waals surface area contributed by atoms with Gasteiger partial charge in [-0.15, -0.1) is 0 Å². The third kappa shape index (κ3) is 9.65. The van der Waals surface area contributed by atoms with E-state index in [9.17, 15) is 4.79 Å². The van der Waals surface area contributed by atoms with Gasteiger partial charge in [0.2, 0.25) is 0 Å². The highest BCUT2D eigenvalue weighted by Crippen LogP contribution is 1.96. The Labute approximate surface area is 93.5 Å². The van der Waals surface area contributed by atoms with Crippen LogP contribution in [0.1, 0.15) is 13.3 Å². The highest BCUT2D eigenvalue weighted by Gasteiger charge is 2.01. The summed E-state index contributed by atoms with van der Waals surface area (Å²) in [6, 6.07) is 1.02. The maximum absolute atomic E-state index is 11.0. The average molecular weight is 232 g/mol. The summed E-state index contributed by atoms with van der Waals surface area (Å²) in [6.45, 7) is 6.93. The van der Waals surface area contributed by atoms with Crippen LogP contribution in [-0.2, 0) is 18.7 Å². The molecule has 0 rings (SSSR count). The van der Waals surface area contributed by atoms with Gasteiger partial charge >= 0.3 is 5.97 Å². The van der Waals surface area contributed by atoms with Crippen molar-refractivity contribution < 1.29 is 18.7 Å². The molecule has 0 saturated heterocycles. The van der Waals surface area contributed by atoms with Crippen LogP contribution >= 0.6 is 0 Å². The summed E-state index contributed by atoms with van der Waals surface area (Å²) in [4.78, 5) is 11.0. The van der Waals surface area contributed by atoms with Crippen molar-refractivity contribution in [2.75, 3.05) is 26.9 Å². The van der Waals surface area contributed by atoms with E-state index in [1.165, 1.54) is 0 Å². The maximum Gasteiger partial charge on any atom is 0.333 e. The first-order chi connectivity index (χ1) is 7.18. The summed E-state index contributed by atoms with van der Waals surface area (Å²) in [6.07, 6.45) is 0.873. The number of rotatable bonds is 9. The first kappa shape index (κ1) is 14.3. The van der Waals surface area contributed by atoms with Gasteiger partial charge in [0.05, 0.1) is 19.8 Å². The van der Waals surface area contributed by atoms with Crippen LogP contribution < -0.4 is 0 Å². The van der Waals surface area contributed by atoms with Gasteiger partial charge in [-0.2, -0.15) is 0 Å². The van der Waals surface area contributed by atoms with Crippen molar-refractivity contribution in [3.8, 4) is 0 Å². The molecule has 0 N–H and O–H groups in total. The number of esters is 1. The van der Waals surface area contributed by atoms with Crippen molar-refractivity contribution in [2.24, 2.45) is 0 Å². The van der Waals surface area contributed by atoms with Gasteiger partial charge in [-0.3, -0.25) is 0 Å². The molecule has 0 aliphatic carbocycles. The molecule has 0 atom stereocenters. The van der Waals surface area contributed by atoms with Crippen LogP contribution in [0.2, 0.25) is 6.04 Å². The van der Waals surface area contributed by atoms with E-state index < -0.39 is 9.76 Å². The van der Waals surface area contributed by atoms with Crippen molar-refractivity contribution >= 4 is 15.7 Å². The third-order valence-corrected chi connectivity index (χ3v) is 3.06. The van der Waals surface area contributed by atoms with Gasteiger partial charge in [0.1, 0.15) is 0 Å². The first-order valence-electron chi connectivity index (χ1n) is 5.07. The van der Waals surface area contributed by atoms with E-state index in [4.69, 9.17) is 13.9 Å². The second-order valence-electron chi connectivity index (χ2n) is 3.23. The van der Waals surface area contributed by atoms with Gasteiger partial charge in [0.25, 0.3) is 0 Å². The van der Waals surface area contributed by atoms with E-state index in [1.54, 1.807) is 14.0 Å². The van der Waals surface area contributed by atoms with Crippen LogP contribution in [0.5, 0.6) is 0 Å². The molecule has 0 spiro atoms. The van der Waals surface area contributed by atoms with Crippen LogP contribution in [-0.4, -0.2) is 42.7 Å². The molecule has 0 aliphatic rings. The molecule has 0 saturated carbocycles. The minimum absolute atomic E-state index is 0.308. The van der Waals surface area contributed by atoms with E-state index in [0.29, 0.717) is 25.4 Å². The molecule has 0 aromatic carbocycles. The van der Waals surface area contributed by atoms with Crippen LogP contribution in [0.25, 0.3) is 0 Å². The molecule has 5 heteroatoms. The fourth-order valence-electron chi connectivity index (χ4n) is 0.839. The van der Waals surface area contributed by atoms with Crippen molar-refractivity contribution in [2.45, 2.75) is 19.4 Å². The van der Waals surface area contributed by atoms with Gasteiger partial charge in [0.15, 0.2) is 9.76 Å². The van der Waals surface area contributed by atoms with E-state index in [0.717, 1.165) is 12.5 Å². The Balaban J connectivity index is 3.11. The zero-order valence-corrected chi connectivity index (χ0v) is 11.0. The topological polar surface area (TPSA) is 44.8 Å². The highest BCUT2D eigenvalue weighted by molar-refractivity contribution is 6.26. The van der Waals surface area contributed by atoms with Crippen molar-refractivity contribution in [3.05, 3.63) is 12.2 Å². The minimum atomic E-state index is -0.467. The van der Waals surface area contributed by atoms with E-state index in [2.05, 4.69) is 6.58 Å². The monoisotopic (exact) mass is 232 g/mol. The lowest BCUT2D eigenvalue weighted by molar-refractivity contribution is -0.138. The zero-order valence-electron chi connectivity index (χ0n) is 9.58. The number of carbonyl (C=O) groups excluding carboxylic acids is 1. The molecule has 0 heterocycles. The summed E-state index contributed by atoms with van der Waals surface area (Å²) < 4.78 is 15.2. The van der Waals surface area contributed by atoms with Gasteiger partial charge < -0.3 is 13.9 Å². The quantitative estimate of drug-likeness (QED) is 0.253. The van der Waals surface area contributed by atoms with Crippen molar-refractivity contribution in [3.63, 3.8) is 0 Å². The Bertz CT molecular complexity index is 194. The number of hydrogen-bond acceptors (Lipinski definition) is 4. The SMILES string of the molecule is C=C(C)C(=O)OCCC[SiH2]OCCOC. The molecule has 0 unspecified atom stereocenters. The molecular formula is C10H20O4Si. The van der Waals surface area contributed by atoms with E-state index in [1.807, 2.05) is 0 Å². The second-order valence-corrected chi connectivity index (χ2v) is 4.75. The van der Waals surface area contributed by atoms with Crippen LogP contribution in [0.15, 0.2) is 12.2 Å². The van der Waals surface area contributed by atoms with Gasteiger partial charge in [-0.05, 0) is 19.4 Å². The number of methoxy groups -OCH3 is 1. The molecule has 0 aromatic rings. The Morgan fingerprint density at radius 3 is 2.67 bits per heavy atom. The fourth-order valence-corrected chi connectivity index (χ4v) is 1.77. The Morgan fingerprint density at radius 1 is 1.33 bits per heavy atom. The minimum Gasteiger partial charge on any atom is -0.462 e. The highest BCUT2D eigenvalue weighted by atomic mass is 28.2. The average Bonchev–Trinajstić information content (AvgIpc) is 2.21. The third-order valence-electron chi connectivity index (χ3n) is 1.70. The molecule has 0 aromatic heterocycles. The molecular weight excluding hydrogens is 212 g/mol. The molecule has 0 radical (unpaired) electrons. The largest absolute Gasteiger partial charge is 0.462 e. The smallest absolute Gasteiger partial charge is 0.333 e. The summed E-state index contributed by atoms with van der Waals surface area (Å²) in [5.74, 6) is -0.308. The van der Waals surface area contributed by atoms with Crippen LogP contribution in [0.3, 0.4) is 0 Å². The van der Waals surface area contributed by atoms with Crippen molar-refractivity contribution in [1.82, 2.24) is 0 Å². The van der Waals surface area contributed by atoms with Crippen molar-refractivity contribution in [1.29, 1.82) is 0 Å². The summed E-state index contributed by atoms with van der Waals surface area (Å²) >= 11 is 0. The number of hydrogen-bond donors (Lipinski definition) is 0. The van der Waals surface area contributed by atoms with E-state index >= 15 is 0 Å². The maximum atomic E-state index is 11.0. The zero-order chi connectivity index (χ0) is 11.5. The van der Waals surface area contributed by atoms with Crippen LogP contribution in [0.4, 0.5) is 0 Å². The second kappa shape index (κ2) is 9.89. The first-order valence-corrected chi connectivity index (χ1v) is 6.65. The normalized spacial score (nSPS) is 10.8. The molecule has 4 nitrogen and oxygen atoms in total. The van der Waals surface area contributed by atoms with Gasteiger partial charge in [-0.1, -0.05) is 6.58 Å². The Kier molecular flexibility index (Phi) is 9.45. The predicted molar refractivity (Wildman–Crippen MR) is 61.6 cm³/mol. The molecule has 0 bridgehead atoms. The lowest BCUT2D eigenvalue weighted by Gasteiger charge is -2.04. The standard InChI is InChI=1S/C10H20O4Si/c1-9(2)10(11)13-5-4-8-15-14-7-6-12-3/h1,4-8,15H2,2-3H3. The summed E-state index contributed by atoms with van der Waals surface area (Å²) in [5, 5.41) is 0. The number of carbonyl (C=O) groups is 1. The molecule has 0 aliphatic heterocycles. The lowest BCUT2D eigenvalue weighted by Crippen LogP contribution is -2.09. The summed E-state index contributed by atoms with van der Waals surface area (Å²) in [7, 11) is 1.19. The van der Waals surface area contributed by atoms with Gasteiger partial charge in [-0.25, -0.2) is 4.79 Å². The predicted octanol–water partition coefficient (Wildman–Crippen LogP) is 0.661. The van der Waals surface area contributed by atoms with E-state index in [-0.39, 0.29) is 5.97 Å². The molecule has 15 heavy (non-hydrogen) atoms. The Hall–Kier alpha value is -0.653. The molecule has 0 amide bonds. The molecule has 0 fully saturated rings. The Morgan fingerprint density at radius 2 is 2.07 bits per heavy atom.